The van der Waals surface area contributed by atoms with Crippen molar-refractivity contribution in [1.82, 2.24) is 10.2 Å². The molecule has 3 aromatic rings. The fourth-order valence-electron chi connectivity index (χ4n) is 3.61. The lowest BCUT2D eigenvalue weighted by Gasteiger charge is -2.32. The van der Waals surface area contributed by atoms with Crippen LogP contribution in [-0.4, -0.2) is 51.9 Å². The predicted molar refractivity (Wildman–Crippen MR) is 145 cm³/mol. The minimum Gasteiger partial charge on any atom is -0.497 e. The number of sulfonamides is 1. The maximum atomic E-state index is 13.7. The number of anilines is 1. The summed E-state index contributed by atoms with van der Waals surface area (Å²) >= 11 is 12.2. The standard InChI is InChI=1S/C26H27Cl2N3O5S/c1-18(26(33)29-2)30(16-19-9-12-21(36-3)13-10-19)25(32)17-31(20-11-14-23(27)24(28)15-20)37(34,35)22-7-5-4-6-8-22/h4-15,18H,16-17H2,1-3H3,(H,29,33)/t18-/m0/s1. The van der Waals surface area contributed by atoms with Crippen LogP contribution < -0.4 is 14.4 Å². The first kappa shape index (κ1) is 28.3. The van der Waals surface area contributed by atoms with Crippen LogP contribution in [0.25, 0.3) is 0 Å². The highest BCUT2D eigenvalue weighted by Gasteiger charge is 2.32. The highest BCUT2D eigenvalue weighted by molar-refractivity contribution is 7.92. The van der Waals surface area contributed by atoms with Crippen LogP contribution in [0, 0.1) is 0 Å². The quantitative estimate of drug-likeness (QED) is 0.395. The van der Waals surface area contributed by atoms with Gasteiger partial charge in [-0.25, -0.2) is 8.42 Å². The first-order valence-corrected chi connectivity index (χ1v) is 13.4. The Morgan fingerprint density at radius 3 is 2.19 bits per heavy atom. The molecule has 37 heavy (non-hydrogen) atoms. The van der Waals surface area contributed by atoms with Gasteiger partial charge in [-0.1, -0.05) is 53.5 Å². The van der Waals surface area contributed by atoms with Crippen molar-refractivity contribution in [3.8, 4) is 5.75 Å². The molecule has 0 aliphatic heterocycles. The molecule has 2 amide bonds. The van der Waals surface area contributed by atoms with E-state index in [1.165, 1.54) is 42.3 Å². The second-order valence-corrected chi connectivity index (χ2v) is 10.8. The number of nitrogens with zero attached hydrogens (tertiary/aromatic N) is 2. The third-order valence-electron chi connectivity index (χ3n) is 5.73. The number of halogens is 2. The highest BCUT2D eigenvalue weighted by atomic mass is 35.5. The Balaban J connectivity index is 2.03. The number of likely N-dealkylation sites (N-methyl/N-ethyl adjacent to an activating group) is 1. The lowest BCUT2D eigenvalue weighted by molar-refractivity contribution is -0.139. The van der Waals surface area contributed by atoms with Gasteiger partial charge in [-0.15, -0.1) is 0 Å². The number of ether oxygens (including phenoxy) is 1. The van der Waals surface area contributed by atoms with E-state index in [-0.39, 0.29) is 27.2 Å². The van der Waals surface area contributed by atoms with E-state index in [1.54, 1.807) is 56.5 Å². The molecular weight excluding hydrogens is 537 g/mol. The molecule has 0 aliphatic rings. The summed E-state index contributed by atoms with van der Waals surface area (Å²) < 4.78 is 33.5. The lowest BCUT2D eigenvalue weighted by Crippen LogP contribution is -2.50. The van der Waals surface area contributed by atoms with Crippen LogP contribution in [0.4, 0.5) is 5.69 Å². The van der Waals surface area contributed by atoms with Crippen molar-refractivity contribution < 1.29 is 22.7 Å². The van der Waals surface area contributed by atoms with Crippen molar-refractivity contribution in [3.63, 3.8) is 0 Å². The van der Waals surface area contributed by atoms with Crippen LogP contribution in [0.5, 0.6) is 5.75 Å². The summed E-state index contributed by atoms with van der Waals surface area (Å²) in [7, 11) is -1.16. The molecule has 0 aromatic heterocycles. The van der Waals surface area contributed by atoms with E-state index in [4.69, 9.17) is 27.9 Å². The zero-order valence-electron chi connectivity index (χ0n) is 20.5. The second kappa shape index (κ2) is 12.3. The SMILES string of the molecule is CNC(=O)[C@H](C)N(Cc1ccc(OC)cc1)C(=O)CN(c1ccc(Cl)c(Cl)c1)S(=O)(=O)c1ccccc1. The summed E-state index contributed by atoms with van der Waals surface area (Å²) in [6.45, 7) is 1.07. The smallest absolute Gasteiger partial charge is 0.264 e. The second-order valence-electron chi connectivity index (χ2n) is 8.08. The molecule has 0 aliphatic carbocycles. The molecule has 0 spiro atoms. The molecule has 0 saturated carbocycles. The fourth-order valence-corrected chi connectivity index (χ4v) is 5.33. The number of nitrogens with one attached hydrogen (secondary N) is 1. The van der Waals surface area contributed by atoms with E-state index < -0.39 is 34.4 Å². The maximum absolute atomic E-state index is 13.7. The third-order valence-corrected chi connectivity index (χ3v) is 8.25. The Hall–Kier alpha value is -3.27. The Kier molecular flexibility index (Phi) is 9.42. The number of benzene rings is 3. The van der Waals surface area contributed by atoms with E-state index in [2.05, 4.69) is 5.32 Å². The largest absolute Gasteiger partial charge is 0.497 e. The predicted octanol–water partition coefficient (Wildman–Crippen LogP) is 4.36. The molecular formula is C26H27Cl2N3O5S. The molecule has 0 fully saturated rings. The summed E-state index contributed by atoms with van der Waals surface area (Å²) in [5.41, 5.74) is 0.889. The number of amides is 2. The van der Waals surface area contributed by atoms with Gasteiger partial charge in [-0.3, -0.25) is 13.9 Å². The molecule has 8 nitrogen and oxygen atoms in total. The van der Waals surface area contributed by atoms with Gasteiger partial charge in [0.1, 0.15) is 18.3 Å². The number of methoxy groups -OCH3 is 1. The molecule has 0 radical (unpaired) electrons. The van der Waals surface area contributed by atoms with Gasteiger partial charge in [-0.05, 0) is 55.0 Å². The molecule has 3 rings (SSSR count). The van der Waals surface area contributed by atoms with E-state index >= 15 is 0 Å². The van der Waals surface area contributed by atoms with Crippen LogP contribution >= 0.6 is 23.2 Å². The normalized spacial score (nSPS) is 11.9. The number of hydrogen-bond donors (Lipinski definition) is 1. The lowest BCUT2D eigenvalue weighted by atomic mass is 10.1. The zero-order valence-corrected chi connectivity index (χ0v) is 22.8. The monoisotopic (exact) mass is 563 g/mol. The highest BCUT2D eigenvalue weighted by Crippen LogP contribution is 2.31. The van der Waals surface area contributed by atoms with Gasteiger partial charge < -0.3 is 15.0 Å². The molecule has 0 heterocycles. The summed E-state index contributed by atoms with van der Waals surface area (Å²) in [6, 6.07) is 18.2. The van der Waals surface area contributed by atoms with Crippen molar-refractivity contribution in [2.75, 3.05) is 25.0 Å². The van der Waals surface area contributed by atoms with Crippen molar-refractivity contribution in [3.05, 3.63) is 88.4 Å². The third kappa shape index (κ3) is 6.74. The summed E-state index contributed by atoms with van der Waals surface area (Å²) in [5, 5.41) is 2.91. The first-order chi connectivity index (χ1) is 17.6. The topological polar surface area (TPSA) is 96.0 Å². The molecule has 196 valence electrons. The fraction of sp³-hybridized carbons (Fsp3) is 0.231. The molecule has 0 unspecified atom stereocenters. The van der Waals surface area contributed by atoms with Crippen LogP contribution in [0.3, 0.4) is 0 Å². The summed E-state index contributed by atoms with van der Waals surface area (Å²) in [5.74, 6) is -0.341. The van der Waals surface area contributed by atoms with Gasteiger partial charge in [0.2, 0.25) is 11.8 Å². The van der Waals surface area contributed by atoms with E-state index in [1.807, 2.05) is 0 Å². The van der Waals surface area contributed by atoms with Crippen molar-refractivity contribution >= 4 is 50.7 Å². The van der Waals surface area contributed by atoms with Crippen molar-refractivity contribution in [1.29, 1.82) is 0 Å². The van der Waals surface area contributed by atoms with Gasteiger partial charge in [0, 0.05) is 13.6 Å². The van der Waals surface area contributed by atoms with Crippen LogP contribution in [0.15, 0.2) is 77.7 Å². The van der Waals surface area contributed by atoms with Crippen LogP contribution in [-0.2, 0) is 26.2 Å². The Morgan fingerprint density at radius 1 is 0.973 bits per heavy atom. The van der Waals surface area contributed by atoms with Gasteiger partial charge >= 0.3 is 0 Å². The van der Waals surface area contributed by atoms with Gasteiger partial charge in [0.05, 0.1) is 27.7 Å². The van der Waals surface area contributed by atoms with Gasteiger partial charge in [0.25, 0.3) is 10.0 Å². The summed E-state index contributed by atoms with van der Waals surface area (Å²) in [6.07, 6.45) is 0. The molecule has 1 N–H and O–H groups in total. The van der Waals surface area contributed by atoms with E-state index in [0.29, 0.717) is 5.75 Å². The Bertz CT molecular complexity index is 1350. The molecule has 11 heteroatoms. The number of carbonyl (C=O) groups excluding carboxylic acids is 2. The minimum absolute atomic E-state index is 0.00470. The van der Waals surface area contributed by atoms with Gasteiger partial charge in [-0.2, -0.15) is 0 Å². The Labute approximate surface area is 226 Å². The van der Waals surface area contributed by atoms with Gasteiger partial charge in [0.15, 0.2) is 0 Å². The van der Waals surface area contributed by atoms with Crippen molar-refractivity contribution in [2.24, 2.45) is 0 Å². The van der Waals surface area contributed by atoms with Crippen LogP contribution in [0.2, 0.25) is 10.0 Å². The average molecular weight is 564 g/mol. The minimum atomic E-state index is -4.18. The molecule has 0 bridgehead atoms. The van der Waals surface area contributed by atoms with E-state index in [9.17, 15) is 18.0 Å². The molecule has 3 aromatic carbocycles. The number of carbonyl (C=O) groups is 2. The number of rotatable bonds is 10. The van der Waals surface area contributed by atoms with E-state index in [0.717, 1.165) is 9.87 Å². The number of hydrogen-bond acceptors (Lipinski definition) is 5. The van der Waals surface area contributed by atoms with Crippen molar-refractivity contribution in [2.45, 2.75) is 24.4 Å². The first-order valence-electron chi connectivity index (χ1n) is 11.2. The zero-order chi connectivity index (χ0) is 27.2. The Morgan fingerprint density at radius 2 is 1.62 bits per heavy atom. The molecule has 1 atom stereocenters. The van der Waals surface area contributed by atoms with Crippen LogP contribution in [0.1, 0.15) is 12.5 Å². The summed E-state index contributed by atoms with van der Waals surface area (Å²) in [4.78, 5) is 27.5. The average Bonchev–Trinajstić information content (AvgIpc) is 2.91. The molecule has 0 saturated heterocycles. The maximum Gasteiger partial charge on any atom is 0.264 e.